The van der Waals surface area contributed by atoms with Gasteiger partial charge >= 0.3 is 6.18 Å². The van der Waals surface area contributed by atoms with Gasteiger partial charge in [0, 0.05) is 24.7 Å². The van der Waals surface area contributed by atoms with Crippen LogP contribution in [-0.2, 0) is 9.59 Å². The first-order valence-electron chi connectivity index (χ1n) is 8.61. The zero-order chi connectivity index (χ0) is 19.2. The maximum Gasteiger partial charge on any atom is 0.392 e. The molecular weight excluding hydrogens is 361 g/mol. The van der Waals surface area contributed by atoms with E-state index in [0.717, 1.165) is 16.5 Å². The van der Waals surface area contributed by atoms with Crippen LogP contribution in [-0.4, -0.2) is 46.5 Å². The standard InChI is InChI=1S/C18H17F3N4O2/c19-18(20,21)14-7-13(14)17(27)25-5-2-10(3-6-25)12-8-15(23-9-26)24-16-11(12)1-4-22-16/h1-2,4,8-9,13-14H,3,5-7H2,(H2,22,23,24,26). The maximum atomic E-state index is 12.7. The Morgan fingerprint density at radius 3 is 2.85 bits per heavy atom. The fraction of sp³-hybridized carbons (Fsp3) is 0.389. The number of amides is 2. The Hall–Kier alpha value is -2.84. The van der Waals surface area contributed by atoms with E-state index in [0.29, 0.717) is 30.8 Å². The number of aromatic amines is 1. The summed E-state index contributed by atoms with van der Waals surface area (Å²) in [7, 11) is 0. The van der Waals surface area contributed by atoms with Gasteiger partial charge in [-0.3, -0.25) is 9.59 Å². The van der Waals surface area contributed by atoms with Gasteiger partial charge in [-0.2, -0.15) is 13.2 Å². The Bertz CT molecular complexity index is 934. The van der Waals surface area contributed by atoms with Gasteiger partial charge in [0.05, 0.1) is 11.8 Å². The first-order valence-corrected chi connectivity index (χ1v) is 8.61. The second kappa shape index (κ2) is 6.40. The third kappa shape index (κ3) is 3.29. The highest BCUT2D eigenvalue weighted by molar-refractivity contribution is 5.93. The molecule has 1 aliphatic heterocycles. The van der Waals surface area contributed by atoms with Crippen molar-refractivity contribution in [1.29, 1.82) is 0 Å². The van der Waals surface area contributed by atoms with E-state index in [-0.39, 0.29) is 13.0 Å². The summed E-state index contributed by atoms with van der Waals surface area (Å²) < 4.78 is 38.1. The lowest BCUT2D eigenvalue weighted by Gasteiger charge is -2.27. The lowest BCUT2D eigenvalue weighted by Crippen LogP contribution is -2.36. The third-order valence-corrected chi connectivity index (χ3v) is 5.13. The van der Waals surface area contributed by atoms with E-state index in [9.17, 15) is 22.8 Å². The van der Waals surface area contributed by atoms with Crippen molar-refractivity contribution >= 4 is 34.7 Å². The smallest absolute Gasteiger partial charge is 0.346 e. The fourth-order valence-corrected chi connectivity index (χ4v) is 3.62. The predicted octanol–water partition coefficient (Wildman–Crippen LogP) is 2.95. The number of rotatable bonds is 4. The van der Waals surface area contributed by atoms with Crippen LogP contribution in [0.4, 0.5) is 19.0 Å². The Labute approximate surface area is 152 Å². The normalized spacial score (nSPS) is 22.5. The molecule has 1 aliphatic carbocycles. The van der Waals surface area contributed by atoms with E-state index in [1.807, 2.05) is 12.1 Å². The van der Waals surface area contributed by atoms with Crippen molar-refractivity contribution in [3.8, 4) is 0 Å². The monoisotopic (exact) mass is 378 g/mol. The number of anilines is 1. The fourth-order valence-electron chi connectivity index (χ4n) is 3.62. The SMILES string of the molecule is O=CNc1cc(C2=CCN(C(=O)C3CC3C(F)(F)F)CC2)c2cc[nH]c2n1. The summed E-state index contributed by atoms with van der Waals surface area (Å²) in [6.07, 6.45) is 0.276. The van der Waals surface area contributed by atoms with Gasteiger partial charge in [0.25, 0.3) is 0 Å². The number of carbonyl (C=O) groups is 2. The number of pyridine rings is 1. The number of fused-ring (bicyclic) bond motifs is 1. The van der Waals surface area contributed by atoms with E-state index in [4.69, 9.17) is 0 Å². The Kier molecular flexibility index (Phi) is 4.16. The van der Waals surface area contributed by atoms with Crippen LogP contribution in [0.25, 0.3) is 16.6 Å². The lowest BCUT2D eigenvalue weighted by atomic mass is 9.97. The van der Waals surface area contributed by atoms with Gasteiger partial charge in [-0.05, 0) is 36.1 Å². The third-order valence-electron chi connectivity index (χ3n) is 5.13. The van der Waals surface area contributed by atoms with Gasteiger partial charge in [0.1, 0.15) is 11.5 Å². The second-order valence-electron chi connectivity index (χ2n) is 6.81. The molecule has 6 nitrogen and oxygen atoms in total. The molecule has 4 rings (SSSR count). The van der Waals surface area contributed by atoms with Crippen LogP contribution < -0.4 is 5.32 Å². The first-order chi connectivity index (χ1) is 12.9. The highest BCUT2D eigenvalue weighted by atomic mass is 19.4. The molecule has 3 heterocycles. The van der Waals surface area contributed by atoms with Crippen LogP contribution in [0.5, 0.6) is 0 Å². The van der Waals surface area contributed by atoms with Crippen LogP contribution in [0.1, 0.15) is 18.4 Å². The summed E-state index contributed by atoms with van der Waals surface area (Å²) in [6, 6.07) is 3.63. The summed E-state index contributed by atoms with van der Waals surface area (Å²) in [4.78, 5) is 31.8. The molecule has 2 aromatic rings. The number of hydrogen-bond acceptors (Lipinski definition) is 3. The Morgan fingerprint density at radius 2 is 2.22 bits per heavy atom. The molecule has 1 saturated carbocycles. The highest BCUT2D eigenvalue weighted by Crippen LogP contribution is 2.51. The number of aromatic nitrogens is 2. The molecule has 2 unspecified atom stereocenters. The van der Waals surface area contributed by atoms with E-state index in [1.165, 1.54) is 4.90 Å². The molecule has 0 bridgehead atoms. The summed E-state index contributed by atoms with van der Waals surface area (Å²) >= 11 is 0. The van der Waals surface area contributed by atoms with E-state index >= 15 is 0 Å². The van der Waals surface area contributed by atoms with E-state index in [1.54, 1.807) is 12.3 Å². The van der Waals surface area contributed by atoms with Crippen LogP contribution in [0.3, 0.4) is 0 Å². The van der Waals surface area contributed by atoms with Crippen molar-refractivity contribution in [3.05, 3.63) is 30.0 Å². The zero-order valence-electron chi connectivity index (χ0n) is 14.2. The van der Waals surface area contributed by atoms with Crippen molar-refractivity contribution in [2.24, 2.45) is 11.8 Å². The quantitative estimate of drug-likeness (QED) is 0.803. The molecule has 0 spiro atoms. The maximum absolute atomic E-state index is 12.7. The van der Waals surface area contributed by atoms with E-state index in [2.05, 4.69) is 15.3 Å². The number of nitrogens with zero attached hydrogens (tertiary/aromatic N) is 2. The van der Waals surface area contributed by atoms with Crippen molar-refractivity contribution < 1.29 is 22.8 Å². The van der Waals surface area contributed by atoms with Crippen molar-refractivity contribution in [3.63, 3.8) is 0 Å². The summed E-state index contributed by atoms with van der Waals surface area (Å²) in [5, 5.41) is 3.41. The Morgan fingerprint density at radius 1 is 1.41 bits per heavy atom. The molecule has 2 N–H and O–H groups in total. The first kappa shape index (κ1) is 17.6. The number of alkyl halides is 3. The molecule has 2 aliphatic rings. The van der Waals surface area contributed by atoms with Crippen LogP contribution in [0.15, 0.2) is 24.4 Å². The number of hydrogen-bond donors (Lipinski definition) is 2. The number of carbonyl (C=O) groups excluding carboxylic acids is 2. The average molecular weight is 378 g/mol. The molecule has 1 fully saturated rings. The lowest BCUT2D eigenvalue weighted by molar-refractivity contribution is -0.157. The largest absolute Gasteiger partial charge is 0.392 e. The van der Waals surface area contributed by atoms with Crippen molar-refractivity contribution in [2.75, 3.05) is 18.4 Å². The molecule has 2 aromatic heterocycles. The van der Waals surface area contributed by atoms with E-state index < -0.39 is 23.9 Å². The van der Waals surface area contributed by atoms with Crippen LogP contribution in [0.2, 0.25) is 0 Å². The summed E-state index contributed by atoms with van der Waals surface area (Å²) in [5.74, 6) is -2.44. The molecule has 2 amide bonds. The minimum atomic E-state index is -4.30. The predicted molar refractivity (Wildman–Crippen MR) is 92.6 cm³/mol. The molecule has 142 valence electrons. The number of nitrogens with one attached hydrogen (secondary N) is 2. The second-order valence-corrected chi connectivity index (χ2v) is 6.81. The van der Waals surface area contributed by atoms with Gasteiger partial charge in [-0.15, -0.1) is 0 Å². The molecule has 9 heteroatoms. The van der Waals surface area contributed by atoms with Gasteiger partial charge < -0.3 is 15.2 Å². The zero-order valence-corrected chi connectivity index (χ0v) is 14.2. The molecule has 0 saturated heterocycles. The van der Waals surface area contributed by atoms with Crippen LogP contribution >= 0.6 is 0 Å². The number of H-pyrrole nitrogens is 1. The molecule has 0 radical (unpaired) electrons. The Balaban J connectivity index is 1.53. The molecule has 0 aromatic carbocycles. The summed E-state index contributed by atoms with van der Waals surface area (Å²) in [5.41, 5.74) is 2.49. The topological polar surface area (TPSA) is 78.1 Å². The minimum Gasteiger partial charge on any atom is -0.346 e. The van der Waals surface area contributed by atoms with Crippen molar-refractivity contribution in [1.82, 2.24) is 14.9 Å². The van der Waals surface area contributed by atoms with Crippen molar-refractivity contribution in [2.45, 2.75) is 19.0 Å². The molecule has 2 atom stereocenters. The average Bonchev–Trinajstić information content (AvgIpc) is 3.32. The molecule has 27 heavy (non-hydrogen) atoms. The highest BCUT2D eigenvalue weighted by Gasteiger charge is 2.59. The van der Waals surface area contributed by atoms with Gasteiger partial charge in [-0.1, -0.05) is 6.08 Å². The molecular formula is C18H17F3N4O2. The minimum absolute atomic E-state index is 0.107. The summed E-state index contributed by atoms with van der Waals surface area (Å²) in [6.45, 7) is 0.649. The van der Waals surface area contributed by atoms with Gasteiger partial charge in [0.2, 0.25) is 12.3 Å². The number of halogens is 3. The van der Waals surface area contributed by atoms with Gasteiger partial charge in [-0.25, -0.2) is 4.98 Å². The van der Waals surface area contributed by atoms with Crippen LogP contribution in [0, 0.1) is 11.8 Å². The van der Waals surface area contributed by atoms with Gasteiger partial charge in [0.15, 0.2) is 0 Å².